The first-order chi connectivity index (χ1) is 12.3. The summed E-state index contributed by atoms with van der Waals surface area (Å²) in [7, 11) is 5.28. The van der Waals surface area contributed by atoms with E-state index in [1.165, 1.54) is 21.9 Å². The molecule has 1 atom stereocenters. The highest BCUT2D eigenvalue weighted by Gasteiger charge is 2.31. The maximum atomic E-state index is 12.5. The molecule has 0 spiro atoms. The fourth-order valence-electron chi connectivity index (χ4n) is 3.02. The molecule has 1 N–H and O–H groups in total. The number of hydrogen-bond donors (Lipinski definition) is 1. The summed E-state index contributed by atoms with van der Waals surface area (Å²) in [6.45, 7) is 2.09. The fourth-order valence-corrected chi connectivity index (χ4v) is 4.25. The van der Waals surface area contributed by atoms with Crippen molar-refractivity contribution in [3.05, 3.63) is 50.5 Å². The van der Waals surface area contributed by atoms with Gasteiger partial charge in [-0.2, -0.15) is 0 Å². The van der Waals surface area contributed by atoms with Gasteiger partial charge in [-0.05, 0) is 12.0 Å². The van der Waals surface area contributed by atoms with Crippen molar-refractivity contribution in [2.24, 2.45) is 14.1 Å². The monoisotopic (exact) mass is 390 g/mol. The van der Waals surface area contributed by atoms with Crippen LogP contribution in [-0.4, -0.2) is 33.2 Å². The van der Waals surface area contributed by atoms with Crippen molar-refractivity contribution in [2.75, 3.05) is 23.0 Å². The van der Waals surface area contributed by atoms with Crippen LogP contribution in [0, 0.1) is 4.64 Å². The van der Waals surface area contributed by atoms with E-state index in [1.807, 2.05) is 36.2 Å². The van der Waals surface area contributed by atoms with Crippen LogP contribution in [0.2, 0.25) is 0 Å². The molecule has 8 heteroatoms. The molecule has 2 aromatic rings. The molecule has 1 unspecified atom stereocenters. The van der Waals surface area contributed by atoms with Crippen LogP contribution in [-0.2, 0) is 20.5 Å². The minimum Gasteiger partial charge on any atom is -0.351 e. The molecule has 0 saturated carbocycles. The SMILES string of the molecule is CCc1ccc(C(=O)CSC2Nc3c(n(C)c(=O)n(C)c3=S)N2C)cc1. The van der Waals surface area contributed by atoms with Gasteiger partial charge < -0.3 is 10.2 Å². The van der Waals surface area contributed by atoms with E-state index in [4.69, 9.17) is 12.2 Å². The fraction of sp³-hybridized carbons (Fsp3) is 0.389. The number of fused-ring (bicyclic) bond motifs is 1. The molecule has 0 bridgehead atoms. The first-order valence-electron chi connectivity index (χ1n) is 8.38. The maximum absolute atomic E-state index is 12.5. The van der Waals surface area contributed by atoms with Crippen LogP contribution in [0.15, 0.2) is 29.1 Å². The Morgan fingerprint density at radius 2 is 1.85 bits per heavy atom. The number of aromatic nitrogens is 2. The van der Waals surface area contributed by atoms with Crippen LogP contribution in [0.25, 0.3) is 0 Å². The third-order valence-electron chi connectivity index (χ3n) is 4.64. The molecule has 1 aliphatic rings. The number of benzene rings is 1. The summed E-state index contributed by atoms with van der Waals surface area (Å²) < 4.78 is 3.49. The summed E-state index contributed by atoms with van der Waals surface area (Å²) in [6, 6.07) is 7.75. The number of carbonyl (C=O) groups excluding carboxylic acids is 1. The number of aryl methyl sites for hydroxylation is 1. The summed E-state index contributed by atoms with van der Waals surface area (Å²) in [5.74, 6) is 1.17. The lowest BCUT2D eigenvalue weighted by atomic mass is 10.1. The normalized spacial score (nSPS) is 15.7. The standard InChI is InChI=1S/C18H22N4O2S2/c1-5-11-6-8-12(9-7-11)13(23)10-26-17-19-14-15(20(17)2)21(3)18(24)22(4)16(14)25/h6-9,17,19H,5,10H2,1-4H3. The van der Waals surface area contributed by atoms with Crippen molar-refractivity contribution in [2.45, 2.75) is 18.8 Å². The van der Waals surface area contributed by atoms with Crippen molar-refractivity contribution < 1.29 is 4.79 Å². The Balaban J connectivity index is 1.75. The Kier molecular flexibility index (Phi) is 5.24. The van der Waals surface area contributed by atoms with Crippen LogP contribution < -0.4 is 15.9 Å². The Hall–Kier alpha value is -2.06. The maximum Gasteiger partial charge on any atom is 0.330 e. The van der Waals surface area contributed by atoms with Gasteiger partial charge in [-0.3, -0.25) is 13.9 Å². The predicted molar refractivity (Wildman–Crippen MR) is 110 cm³/mol. The molecule has 1 aromatic carbocycles. The highest BCUT2D eigenvalue weighted by molar-refractivity contribution is 8.00. The van der Waals surface area contributed by atoms with Crippen molar-refractivity contribution in [3.63, 3.8) is 0 Å². The highest BCUT2D eigenvalue weighted by Crippen LogP contribution is 2.36. The van der Waals surface area contributed by atoms with Gasteiger partial charge >= 0.3 is 5.69 Å². The van der Waals surface area contributed by atoms with Crippen molar-refractivity contribution in [1.82, 2.24) is 9.13 Å². The molecule has 6 nitrogen and oxygen atoms in total. The number of ketones is 1. The largest absolute Gasteiger partial charge is 0.351 e. The number of nitrogens with zero attached hydrogens (tertiary/aromatic N) is 3. The summed E-state index contributed by atoms with van der Waals surface area (Å²) in [6.07, 6.45) is 0.956. The minimum atomic E-state index is -0.167. The second-order valence-corrected chi connectivity index (χ2v) is 7.75. The lowest BCUT2D eigenvalue weighted by molar-refractivity contribution is 0.102. The number of nitrogens with one attached hydrogen (secondary N) is 1. The van der Waals surface area contributed by atoms with E-state index in [0.29, 0.717) is 10.4 Å². The number of anilines is 2. The van der Waals surface area contributed by atoms with E-state index >= 15 is 0 Å². The average Bonchev–Trinajstić information content (AvgIpc) is 2.99. The van der Waals surface area contributed by atoms with Gasteiger partial charge in [-0.25, -0.2) is 4.79 Å². The molecule has 0 saturated heterocycles. The first kappa shape index (κ1) is 18.7. The van der Waals surface area contributed by atoms with E-state index in [1.54, 1.807) is 18.7 Å². The van der Waals surface area contributed by atoms with Crippen LogP contribution in [0.1, 0.15) is 22.8 Å². The molecule has 138 valence electrons. The topological polar surface area (TPSA) is 59.3 Å². The van der Waals surface area contributed by atoms with Crippen LogP contribution >= 0.6 is 24.0 Å². The van der Waals surface area contributed by atoms with Gasteiger partial charge in [0.1, 0.15) is 21.6 Å². The van der Waals surface area contributed by atoms with E-state index in [0.717, 1.165) is 23.5 Å². The molecule has 0 fully saturated rings. The molecule has 0 amide bonds. The van der Waals surface area contributed by atoms with E-state index < -0.39 is 0 Å². The van der Waals surface area contributed by atoms with E-state index in [2.05, 4.69) is 12.2 Å². The zero-order chi connectivity index (χ0) is 19.0. The predicted octanol–water partition coefficient (Wildman–Crippen LogP) is 2.78. The van der Waals surface area contributed by atoms with E-state index in [-0.39, 0.29) is 17.0 Å². The average molecular weight is 391 g/mol. The Bertz CT molecular complexity index is 963. The first-order valence-corrected chi connectivity index (χ1v) is 9.84. The summed E-state index contributed by atoms with van der Waals surface area (Å²) in [4.78, 5) is 26.7. The van der Waals surface area contributed by atoms with Gasteiger partial charge in [-0.15, -0.1) is 11.8 Å². The molecule has 0 aliphatic carbocycles. The Morgan fingerprint density at radius 3 is 2.46 bits per heavy atom. The number of hydrogen-bond acceptors (Lipinski definition) is 6. The minimum absolute atomic E-state index is 0.0850. The lowest BCUT2D eigenvalue weighted by Crippen LogP contribution is -2.34. The molecular weight excluding hydrogens is 368 g/mol. The molecule has 26 heavy (non-hydrogen) atoms. The van der Waals surface area contributed by atoms with Gasteiger partial charge in [0.2, 0.25) is 0 Å². The van der Waals surface area contributed by atoms with Gasteiger partial charge in [0.05, 0.1) is 5.75 Å². The summed E-state index contributed by atoms with van der Waals surface area (Å²) in [5, 5.41) is 3.34. The summed E-state index contributed by atoms with van der Waals surface area (Å²) in [5.41, 5.74) is 2.37. The smallest absolute Gasteiger partial charge is 0.330 e. The second-order valence-electron chi connectivity index (χ2n) is 6.30. The quantitative estimate of drug-likeness (QED) is 0.626. The molecular formula is C18H22N4O2S2. The number of thioether (sulfide) groups is 1. The van der Waals surface area contributed by atoms with Crippen LogP contribution in [0.5, 0.6) is 0 Å². The molecule has 1 aliphatic heterocycles. The van der Waals surface area contributed by atoms with Gasteiger partial charge in [0, 0.05) is 26.7 Å². The Labute approximate surface area is 161 Å². The van der Waals surface area contributed by atoms with Crippen molar-refractivity contribution in [1.29, 1.82) is 0 Å². The van der Waals surface area contributed by atoms with Gasteiger partial charge in [0.25, 0.3) is 0 Å². The number of Topliss-reactive ketones (excluding diaryl/α,β-unsaturated/α-hetero) is 1. The Morgan fingerprint density at radius 1 is 1.19 bits per heavy atom. The second kappa shape index (κ2) is 7.28. The lowest BCUT2D eigenvalue weighted by Gasteiger charge is -2.22. The number of rotatable bonds is 5. The van der Waals surface area contributed by atoms with Crippen LogP contribution in [0.4, 0.5) is 11.5 Å². The molecule has 2 heterocycles. The summed E-state index contributed by atoms with van der Waals surface area (Å²) >= 11 is 6.88. The zero-order valence-corrected chi connectivity index (χ0v) is 16.9. The number of carbonyl (C=O) groups is 1. The highest BCUT2D eigenvalue weighted by atomic mass is 32.2. The third-order valence-corrected chi connectivity index (χ3v) is 6.30. The molecule has 1 aromatic heterocycles. The van der Waals surface area contributed by atoms with Gasteiger partial charge in [-0.1, -0.05) is 43.4 Å². The van der Waals surface area contributed by atoms with Crippen LogP contribution in [0.3, 0.4) is 0 Å². The third kappa shape index (κ3) is 3.19. The zero-order valence-electron chi connectivity index (χ0n) is 15.3. The molecule has 3 rings (SSSR count). The van der Waals surface area contributed by atoms with Crippen molar-refractivity contribution >= 4 is 41.3 Å². The van der Waals surface area contributed by atoms with Gasteiger partial charge in [0.15, 0.2) is 5.78 Å². The van der Waals surface area contributed by atoms with Crippen molar-refractivity contribution in [3.8, 4) is 0 Å². The van der Waals surface area contributed by atoms with E-state index in [9.17, 15) is 9.59 Å². The molecule has 0 radical (unpaired) electrons.